The zero-order chi connectivity index (χ0) is 39.5. The average molecular weight is 856 g/mol. The molecule has 1 radical (unpaired) electrons. The zero-order valence-electron chi connectivity index (χ0n) is 35.4. The molecule has 6 rings (SSSR count). The molecular formula is C46H50IrN2Si-2. The van der Waals surface area contributed by atoms with Gasteiger partial charge >= 0.3 is 0 Å². The van der Waals surface area contributed by atoms with Crippen LogP contribution in [0.4, 0.5) is 0 Å². The summed E-state index contributed by atoms with van der Waals surface area (Å²) in [5.74, 6) is 0. The molecule has 0 fully saturated rings. The third-order valence-corrected chi connectivity index (χ3v) is 10.5. The number of hydrogen-bond acceptors (Lipinski definition) is 2. The molecule has 4 heteroatoms. The van der Waals surface area contributed by atoms with E-state index < -0.39 is 26.7 Å². The topological polar surface area (TPSA) is 25.8 Å². The Morgan fingerprint density at radius 1 is 0.700 bits per heavy atom. The first-order valence-corrected chi connectivity index (χ1v) is 20.3. The summed E-state index contributed by atoms with van der Waals surface area (Å²) in [5, 5.41) is 1.38. The average Bonchev–Trinajstić information content (AvgIpc) is 3.14. The van der Waals surface area contributed by atoms with E-state index in [0.29, 0.717) is 11.3 Å². The molecule has 0 aliphatic heterocycles. The maximum atomic E-state index is 8.48. The van der Waals surface area contributed by atoms with Crippen molar-refractivity contribution >= 4 is 13.3 Å². The van der Waals surface area contributed by atoms with E-state index in [0.717, 1.165) is 11.3 Å². The van der Waals surface area contributed by atoms with Crippen molar-refractivity contribution in [2.75, 3.05) is 0 Å². The number of pyridine rings is 2. The van der Waals surface area contributed by atoms with Gasteiger partial charge in [-0.05, 0) is 62.9 Å². The molecule has 6 aromatic rings. The van der Waals surface area contributed by atoms with Gasteiger partial charge in [0.05, 0.1) is 8.07 Å². The normalized spacial score (nSPS) is 13.6. The molecule has 0 saturated heterocycles. The minimum atomic E-state index is -2.42. The van der Waals surface area contributed by atoms with Gasteiger partial charge in [-0.25, -0.2) is 0 Å². The van der Waals surface area contributed by atoms with Crippen molar-refractivity contribution in [3.05, 3.63) is 162 Å². The van der Waals surface area contributed by atoms with Crippen LogP contribution in [0.1, 0.15) is 63.7 Å². The zero-order valence-corrected chi connectivity index (χ0v) is 33.7. The Labute approximate surface area is 322 Å². The molecule has 0 amide bonds. The van der Waals surface area contributed by atoms with E-state index in [1.807, 2.05) is 24.3 Å². The third kappa shape index (κ3) is 9.85. The van der Waals surface area contributed by atoms with Crippen molar-refractivity contribution in [2.45, 2.75) is 72.9 Å². The van der Waals surface area contributed by atoms with Crippen LogP contribution in [0.25, 0.3) is 33.6 Å². The number of hydrogen-bond donors (Lipinski definition) is 0. The summed E-state index contributed by atoms with van der Waals surface area (Å²) in [7, 11) is -1.37. The van der Waals surface area contributed by atoms with Gasteiger partial charge in [0.2, 0.25) is 0 Å². The largest absolute Gasteiger partial charge is 0.305 e. The molecule has 2 heterocycles. The van der Waals surface area contributed by atoms with Gasteiger partial charge < -0.3 is 9.97 Å². The molecular weight excluding hydrogens is 801 g/mol. The Hall–Kier alpha value is -3.95. The number of benzene rings is 4. The van der Waals surface area contributed by atoms with Crippen LogP contribution in [0.3, 0.4) is 0 Å². The smallest absolute Gasteiger partial charge is 0.0795 e. The van der Waals surface area contributed by atoms with Crippen LogP contribution in [-0.2, 0) is 31.9 Å². The molecule has 0 unspecified atom stereocenters. The van der Waals surface area contributed by atoms with E-state index in [1.165, 1.54) is 33.6 Å². The number of rotatable bonds is 7. The molecule has 0 N–H and O–H groups in total. The van der Waals surface area contributed by atoms with Crippen LogP contribution in [0, 0.1) is 24.4 Å². The number of nitrogens with zero attached hydrogens (tertiary/aromatic N) is 2. The standard InChI is InChI=1S/C29H30NSi.C17H20N.Ir/c1-29(2,24-15-11-14-23(20-24)22-12-7-6-8-13-22)27-17-10-9-16-26(27)28-19-18-25(21-30-28)31(3,4)5;1-13-12-18-16(14-8-6-5-7-9-14)10-15(13)11-17(2,3)4;/h6-15,17-21H,1-5H3;5-8,10,12H,11H2,1-4H3;/q2*-1;/i;1D3,11D2;. The summed E-state index contributed by atoms with van der Waals surface area (Å²) in [4.78, 5) is 9.07. The van der Waals surface area contributed by atoms with E-state index in [4.69, 9.17) is 11.8 Å². The Balaban J connectivity index is 0.000000251. The van der Waals surface area contributed by atoms with Crippen molar-refractivity contribution in [3.63, 3.8) is 0 Å². The van der Waals surface area contributed by atoms with E-state index in [9.17, 15) is 0 Å². The van der Waals surface area contributed by atoms with Gasteiger partial charge in [-0.1, -0.05) is 133 Å². The minimum absolute atomic E-state index is 0. The van der Waals surface area contributed by atoms with Crippen LogP contribution >= 0.6 is 0 Å². The summed E-state index contributed by atoms with van der Waals surface area (Å²) >= 11 is 0. The van der Waals surface area contributed by atoms with Crippen LogP contribution < -0.4 is 5.19 Å². The Morgan fingerprint density at radius 3 is 2.04 bits per heavy atom. The molecule has 0 aliphatic carbocycles. The summed E-state index contributed by atoms with van der Waals surface area (Å²) in [6.07, 6.45) is 1.51. The first-order chi connectivity index (χ1) is 25.2. The van der Waals surface area contributed by atoms with Gasteiger partial charge in [-0.2, -0.15) is 0 Å². The van der Waals surface area contributed by atoms with Gasteiger partial charge in [0.25, 0.3) is 0 Å². The van der Waals surface area contributed by atoms with E-state index >= 15 is 0 Å². The number of aryl methyl sites for hydroxylation is 1. The summed E-state index contributed by atoms with van der Waals surface area (Å²) in [6, 6.07) is 45.4. The Morgan fingerprint density at radius 2 is 1.40 bits per heavy atom. The second kappa shape index (κ2) is 16.4. The van der Waals surface area contributed by atoms with Gasteiger partial charge in [0, 0.05) is 39.4 Å². The van der Waals surface area contributed by atoms with Gasteiger partial charge in [0.15, 0.2) is 0 Å². The molecule has 2 nitrogen and oxygen atoms in total. The Bertz CT molecular complexity index is 2170. The van der Waals surface area contributed by atoms with Crippen LogP contribution in [0.15, 0.2) is 128 Å². The van der Waals surface area contributed by atoms with Crippen LogP contribution in [-0.4, -0.2) is 18.0 Å². The van der Waals surface area contributed by atoms with E-state index in [1.54, 1.807) is 32.9 Å². The van der Waals surface area contributed by atoms with Gasteiger partial charge in [0.1, 0.15) is 0 Å². The molecule has 50 heavy (non-hydrogen) atoms. The number of aromatic nitrogens is 2. The van der Waals surface area contributed by atoms with Gasteiger partial charge in [-0.15, -0.1) is 71.3 Å². The van der Waals surface area contributed by atoms with Crippen LogP contribution in [0.2, 0.25) is 19.6 Å². The minimum Gasteiger partial charge on any atom is -0.305 e. The van der Waals surface area contributed by atoms with Crippen molar-refractivity contribution in [1.82, 2.24) is 9.97 Å². The maximum absolute atomic E-state index is 8.48. The molecule has 0 saturated carbocycles. The fourth-order valence-electron chi connectivity index (χ4n) is 5.69. The summed E-state index contributed by atoms with van der Waals surface area (Å²) < 4.78 is 40.0. The predicted molar refractivity (Wildman–Crippen MR) is 212 cm³/mol. The second-order valence-corrected chi connectivity index (χ2v) is 20.1. The molecule has 0 bridgehead atoms. The van der Waals surface area contributed by atoms with Crippen molar-refractivity contribution in [1.29, 1.82) is 0 Å². The van der Waals surface area contributed by atoms with Crippen LogP contribution in [0.5, 0.6) is 0 Å². The molecule has 2 aromatic heterocycles. The monoisotopic (exact) mass is 856 g/mol. The molecule has 0 spiro atoms. The molecule has 0 aliphatic rings. The fraction of sp³-hybridized carbons (Fsp3) is 0.261. The molecule has 0 atom stereocenters. The predicted octanol–water partition coefficient (Wildman–Crippen LogP) is 11.5. The van der Waals surface area contributed by atoms with Crippen molar-refractivity contribution in [3.8, 4) is 33.6 Å². The molecule has 4 aromatic carbocycles. The quantitative estimate of drug-likeness (QED) is 0.118. The van der Waals surface area contributed by atoms with Crippen molar-refractivity contribution in [2.24, 2.45) is 5.41 Å². The SMILES string of the molecule is CC(C)(c1cccc(-c2ccccc2)c1)c1ccc[c-]c1-c1ccc([Si](C)(C)C)cn1.[2H]C([2H])([2H])c1cnc(-c2[c-]cccc2)cc1C([2H])([2H])C(C)(C)C.[Ir]. The molecule has 259 valence electrons. The first-order valence-electron chi connectivity index (χ1n) is 19.3. The fourth-order valence-corrected chi connectivity index (χ4v) is 6.73. The third-order valence-electron chi connectivity index (χ3n) is 8.51. The van der Waals surface area contributed by atoms with Gasteiger partial charge in [-0.3, -0.25) is 0 Å². The van der Waals surface area contributed by atoms with E-state index in [-0.39, 0.29) is 36.6 Å². The van der Waals surface area contributed by atoms with E-state index in [2.05, 4.69) is 136 Å². The first kappa shape index (κ1) is 32.0. The van der Waals surface area contributed by atoms with Crippen molar-refractivity contribution < 1.29 is 27.0 Å². The Kier molecular flexibility index (Phi) is 10.5. The summed E-state index contributed by atoms with van der Waals surface area (Å²) in [6.45, 7) is 14.5. The second-order valence-electron chi connectivity index (χ2n) is 15.0. The maximum Gasteiger partial charge on any atom is 0.0795 e. The summed E-state index contributed by atoms with van der Waals surface area (Å²) in [5.41, 5.74) is 7.48.